The number of likely N-dealkylation sites (N-methyl/N-ethyl adjacent to an activating group) is 1. The average molecular weight is 228 g/mol. The van der Waals surface area contributed by atoms with Crippen molar-refractivity contribution in [3.63, 3.8) is 0 Å². The van der Waals surface area contributed by atoms with Gasteiger partial charge in [0, 0.05) is 25.6 Å². The van der Waals surface area contributed by atoms with Gasteiger partial charge in [-0.1, -0.05) is 0 Å². The number of rotatable bonds is 3. The van der Waals surface area contributed by atoms with Gasteiger partial charge in [-0.2, -0.15) is 0 Å². The minimum atomic E-state index is -0.108. The maximum Gasteiger partial charge on any atom is 0.225 e. The number of aliphatic hydroxyl groups is 1. The van der Waals surface area contributed by atoms with Crippen LogP contribution in [0, 0.1) is 5.92 Å². The number of aliphatic hydroxyl groups excluding tert-OH is 1. The van der Waals surface area contributed by atoms with Gasteiger partial charge < -0.3 is 14.9 Å². The molecular weight excluding hydrogens is 204 g/mol. The Bertz CT molecular complexity index is 243. The van der Waals surface area contributed by atoms with Crippen molar-refractivity contribution in [3.8, 4) is 0 Å². The summed E-state index contributed by atoms with van der Waals surface area (Å²) in [4.78, 5) is 15.6. The Labute approximate surface area is 98.2 Å². The van der Waals surface area contributed by atoms with E-state index in [1.807, 2.05) is 28.2 Å². The van der Waals surface area contributed by atoms with Crippen LogP contribution in [0.25, 0.3) is 0 Å². The van der Waals surface area contributed by atoms with Crippen LogP contribution in [-0.4, -0.2) is 61.2 Å². The maximum absolute atomic E-state index is 11.8. The molecule has 0 radical (unpaired) electrons. The van der Waals surface area contributed by atoms with E-state index in [9.17, 15) is 9.90 Å². The lowest BCUT2D eigenvalue weighted by Crippen LogP contribution is -2.51. The molecule has 0 aromatic heterocycles. The summed E-state index contributed by atoms with van der Waals surface area (Å²) in [6.07, 6.45) is 3.58. The maximum atomic E-state index is 11.8. The Balaban J connectivity index is 2.59. The first-order chi connectivity index (χ1) is 7.43. The number of nitrogens with zero attached hydrogens (tertiary/aromatic N) is 2. The Morgan fingerprint density at radius 2 is 1.75 bits per heavy atom. The molecule has 0 spiro atoms. The summed E-state index contributed by atoms with van der Waals surface area (Å²) in [6, 6.07) is 0. The minimum absolute atomic E-state index is 0.108. The van der Waals surface area contributed by atoms with E-state index in [0.717, 1.165) is 25.7 Å². The second kappa shape index (κ2) is 5.15. The first-order valence-corrected chi connectivity index (χ1v) is 5.92. The number of hydrogen-bond donors (Lipinski definition) is 1. The number of carbonyl (C=O) groups excluding carboxylic acids is 1. The molecule has 0 aromatic rings. The third-order valence-electron chi connectivity index (χ3n) is 3.95. The third kappa shape index (κ3) is 2.55. The first-order valence-electron chi connectivity index (χ1n) is 5.92. The molecule has 16 heavy (non-hydrogen) atoms. The van der Waals surface area contributed by atoms with E-state index in [0.29, 0.717) is 0 Å². The normalized spacial score (nSPS) is 30.5. The van der Waals surface area contributed by atoms with Crippen LogP contribution in [0.1, 0.15) is 25.7 Å². The molecule has 0 heterocycles. The Kier molecular flexibility index (Phi) is 4.33. The van der Waals surface area contributed by atoms with Gasteiger partial charge in [-0.15, -0.1) is 0 Å². The van der Waals surface area contributed by atoms with Gasteiger partial charge in [0.1, 0.15) is 0 Å². The van der Waals surface area contributed by atoms with Crippen LogP contribution in [0.2, 0.25) is 0 Å². The highest BCUT2D eigenvalue weighted by molar-refractivity contribution is 5.78. The topological polar surface area (TPSA) is 43.8 Å². The smallest absolute Gasteiger partial charge is 0.225 e. The molecule has 1 aliphatic carbocycles. The predicted molar refractivity (Wildman–Crippen MR) is 64.2 cm³/mol. The Morgan fingerprint density at radius 3 is 2.06 bits per heavy atom. The molecule has 1 saturated carbocycles. The van der Waals surface area contributed by atoms with E-state index in [-0.39, 0.29) is 24.0 Å². The van der Waals surface area contributed by atoms with Crippen LogP contribution < -0.4 is 0 Å². The molecule has 1 fully saturated rings. The molecule has 4 heteroatoms. The molecule has 1 amide bonds. The standard InChI is InChI=1S/C12H24N2O2/c1-13(2)11(16)10-5-7-12(9-15,8-6-10)14(3)4/h10,15H,5-9H2,1-4H3. The zero-order chi connectivity index (χ0) is 12.3. The molecule has 0 saturated heterocycles. The summed E-state index contributed by atoms with van der Waals surface area (Å²) >= 11 is 0. The minimum Gasteiger partial charge on any atom is -0.394 e. The predicted octanol–water partition coefficient (Wildman–Crippen LogP) is 0.557. The largest absolute Gasteiger partial charge is 0.394 e. The number of hydrogen-bond acceptors (Lipinski definition) is 3. The first kappa shape index (κ1) is 13.5. The van der Waals surface area contributed by atoms with Gasteiger partial charge in [0.25, 0.3) is 0 Å². The summed E-state index contributed by atoms with van der Waals surface area (Å²) in [5.41, 5.74) is -0.108. The van der Waals surface area contributed by atoms with Crippen molar-refractivity contribution in [3.05, 3.63) is 0 Å². The molecule has 4 nitrogen and oxygen atoms in total. The fourth-order valence-corrected chi connectivity index (χ4v) is 2.51. The molecule has 94 valence electrons. The molecule has 1 N–H and O–H groups in total. The SMILES string of the molecule is CN(C)C(=O)C1CCC(CO)(N(C)C)CC1. The summed E-state index contributed by atoms with van der Waals surface area (Å²) in [5, 5.41) is 9.51. The molecule has 1 rings (SSSR count). The Morgan fingerprint density at radius 1 is 1.25 bits per heavy atom. The fraction of sp³-hybridized carbons (Fsp3) is 0.917. The van der Waals surface area contributed by atoms with E-state index >= 15 is 0 Å². The van der Waals surface area contributed by atoms with Crippen LogP contribution in [0.4, 0.5) is 0 Å². The van der Waals surface area contributed by atoms with Crippen molar-refractivity contribution in [2.45, 2.75) is 31.2 Å². The van der Waals surface area contributed by atoms with Crippen LogP contribution in [0.3, 0.4) is 0 Å². The number of amides is 1. The summed E-state index contributed by atoms with van der Waals surface area (Å²) in [7, 11) is 7.62. The van der Waals surface area contributed by atoms with Gasteiger partial charge in [0.15, 0.2) is 0 Å². The summed E-state index contributed by atoms with van der Waals surface area (Å²) < 4.78 is 0. The summed E-state index contributed by atoms with van der Waals surface area (Å²) in [6.45, 7) is 0.183. The lowest BCUT2D eigenvalue weighted by Gasteiger charge is -2.43. The van der Waals surface area contributed by atoms with Gasteiger partial charge in [-0.3, -0.25) is 4.79 Å². The van der Waals surface area contributed by atoms with E-state index in [1.165, 1.54) is 0 Å². The molecule has 0 atom stereocenters. The van der Waals surface area contributed by atoms with Crippen LogP contribution in [0.5, 0.6) is 0 Å². The fourth-order valence-electron chi connectivity index (χ4n) is 2.51. The van der Waals surface area contributed by atoms with E-state index in [1.54, 1.807) is 4.90 Å². The van der Waals surface area contributed by atoms with Crippen molar-refractivity contribution in [2.24, 2.45) is 5.92 Å². The van der Waals surface area contributed by atoms with E-state index < -0.39 is 0 Å². The van der Waals surface area contributed by atoms with E-state index in [2.05, 4.69) is 4.90 Å². The molecule has 0 bridgehead atoms. The van der Waals surface area contributed by atoms with Gasteiger partial charge in [-0.25, -0.2) is 0 Å². The average Bonchev–Trinajstić information content (AvgIpc) is 2.27. The van der Waals surface area contributed by atoms with Gasteiger partial charge in [0.05, 0.1) is 6.61 Å². The van der Waals surface area contributed by atoms with Crippen molar-refractivity contribution >= 4 is 5.91 Å². The van der Waals surface area contributed by atoms with Gasteiger partial charge >= 0.3 is 0 Å². The lowest BCUT2D eigenvalue weighted by molar-refractivity contribution is -0.135. The molecule has 0 aromatic carbocycles. The molecular formula is C12H24N2O2. The second-order valence-electron chi connectivity index (χ2n) is 5.28. The highest BCUT2D eigenvalue weighted by Crippen LogP contribution is 2.35. The van der Waals surface area contributed by atoms with Crippen LogP contribution in [-0.2, 0) is 4.79 Å². The highest BCUT2D eigenvalue weighted by atomic mass is 16.3. The third-order valence-corrected chi connectivity index (χ3v) is 3.95. The van der Waals surface area contributed by atoms with Crippen LogP contribution >= 0.6 is 0 Å². The quantitative estimate of drug-likeness (QED) is 0.767. The van der Waals surface area contributed by atoms with Crippen molar-refractivity contribution < 1.29 is 9.90 Å². The summed E-state index contributed by atoms with van der Waals surface area (Å²) in [5.74, 6) is 0.375. The van der Waals surface area contributed by atoms with Crippen molar-refractivity contribution in [1.82, 2.24) is 9.80 Å². The van der Waals surface area contributed by atoms with Gasteiger partial charge in [-0.05, 0) is 39.8 Å². The second-order valence-corrected chi connectivity index (χ2v) is 5.28. The molecule has 1 aliphatic rings. The Hall–Kier alpha value is -0.610. The molecule has 0 unspecified atom stereocenters. The van der Waals surface area contributed by atoms with Crippen LogP contribution in [0.15, 0.2) is 0 Å². The zero-order valence-electron chi connectivity index (χ0n) is 10.9. The van der Waals surface area contributed by atoms with E-state index in [4.69, 9.17) is 0 Å². The van der Waals surface area contributed by atoms with Crippen molar-refractivity contribution in [1.29, 1.82) is 0 Å². The monoisotopic (exact) mass is 228 g/mol. The number of carbonyl (C=O) groups is 1. The zero-order valence-corrected chi connectivity index (χ0v) is 10.9. The van der Waals surface area contributed by atoms with Crippen molar-refractivity contribution in [2.75, 3.05) is 34.8 Å². The highest BCUT2D eigenvalue weighted by Gasteiger charge is 2.38. The molecule has 0 aliphatic heterocycles. The lowest BCUT2D eigenvalue weighted by atomic mass is 9.75. The van der Waals surface area contributed by atoms with Gasteiger partial charge in [0.2, 0.25) is 5.91 Å².